The number of ether oxygens (including phenoxy) is 2. The molecule has 1 N–H and O–H groups in total. The normalized spacial score (nSPS) is 14.1. The third kappa shape index (κ3) is 4.17. The minimum absolute atomic E-state index is 0.173. The molecule has 2 aliphatic rings. The van der Waals surface area contributed by atoms with Crippen molar-refractivity contribution < 1.29 is 19.1 Å². The summed E-state index contributed by atoms with van der Waals surface area (Å²) in [4.78, 5) is 41.9. The first-order chi connectivity index (χ1) is 18.5. The van der Waals surface area contributed by atoms with E-state index in [2.05, 4.69) is 10.4 Å². The Labute approximate surface area is 218 Å². The van der Waals surface area contributed by atoms with E-state index in [1.807, 2.05) is 37.3 Å². The van der Waals surface area contributed by atoms with E-state index >= 15 is 0 Å². The SMILES string of the molecule is CCCCN1Cc2c(n(CC(=O)Nc3ccc4c(c3)OCCO4)c3cc(-c4ccccc4)nn3c2=O)C1=O. The topological polar surface area (TPSA) is 107 Å². The predicted molar refractivity (Wildman–Crippen MR) is 141 cm³/mol. The second-order valence-corrected chi connectivity index (χ2v) is 9.37. The van der Waals surface area contributed by atoms with Crippen molar-refractivity contribution in [2.45, 2.75) is 32.9 Å². The Kier molecular flexibility index (Phi) is 6.07. The number of benzene rings is 2. The van der Waals surface area contributed by atoms with Gasteiger partial charge in [0.2, 0.25) is 5.91 Å². The van der Waals surface area contributed by atoms with Crippen LogP contribution in [0.4, 0.5) is 5.69 Å². The number of carbonyl (C=O) groups is 2. The van der Waals surface area contributed by atoms with Crippen LogP contribution in [0.2, 0.25) is 0 Å². The second-order valence-electron chi connectivity index (χ2n) is 9.37. The van der Waals surface area contributed by atoms with Crippen LogP contribution < -0.4 is 20.3 Å². The molecule has 38 heavy (non-hydrogen) atoms. The number of anilines is 1. The van der Waals surface area contributed by atoms with Gasteiger partial charge in [-0.25, -0.2) is 0 Å². The number of carbonyl (C=O) groups excluding carboxylic acids is 2. The van der Waals surface area contributed by atoms with Crippen molar-refractivity contribution in [3.63, 3.8) is 0 Å². The van der Waals surface area contributed by atoms with Gasteiger partial charge < -0.3 is 24.3 Å². The van der Waals surface area contributed by atoms with E-state index < -0.39 is 0 Å². The molecule has 0 saturated carbocycles. The third-order valence-electron chi connectivity index (χ3n) is 6.79. The lowest BCUT2D eigenvalue weighted by molar-refractivity contribution is -0.116. The minimum Gasteiger partial charge on any atom is -0.486 e. The monoisotopic (exact) mass is 513 g/mol. The molecule has 0 saturated heterocycles. The highest BCUT2D eigenvalue weighted by molar-refractivity contribution is 5.99. The predicted octanol–water partition coefficient (Wildman–Crippen LogP) is 3.33. The van der Waals surface area contributed by atoms with Crippen LogP contribution in [-0.4, -0.2) is 50.7 Å². The van der Waals surface area contributed by atoms with Gasteiger partial charge in [0.05, 0.1) is 17.8 Å². The average Bonchev–Trinajstić information content (AvgIpc) is 3.53. The molecule has 2 aliphatic heterocycles. The van der Waals surface area contributed by atoms with Gasteiger partial charge in [0.25, 0.3) is 11.5 Å². The summed E-state index contributed by atoms with van der Waals surface area (Å²) in [7, 11) is 0. The summed E-state index contributed by atoms with van der Waals surface area (Å²) in [5.41, 5.74) is 2.61. The molecule has 2 aromatic heterocycles. The first-order valence-corrected chi connectivity index (χ1v) is 12.7. The summed E-state index contributed by atoms with van der Waals surface area (Å²) < 4.78 is 14.1. The number of amides is 2. The van der Waals surface area contributed by atoms with Crippen molar-refractivity contribution >= 4 is 23.1 Å². The lowest BCUT2D eigenvalue weighted by Gasteiger charge is -2.19. The summed E-state index contributed by atoms with van der Waals surface area (Å²) in [6.07, 6.45) is 1.75. The smallest absolute Gasteiger partial charge is 0.280 e. The number of unbranched alkanes of at least 4 members (excludes halogenated alkanes) is 1. The fourth-order valence-electron chi connectivity index (χ4n) is 4.92. The fourth-order valence-corrected chi connectivity index (χ4v) is 4.92. The molecule has 2 aromatic carbocycles. The van der Waals surface area contributed by atoms with Gasteiger partial charge in [0.15, 0.2) is 11.5 Å². The van der Waals surface area contributed by atoms with Gasteiger partial charge in [0, 0.05) is 29.9 Å². The van der Waals surface area contributed by atoms with Gasteiger partial charge in [-0.3, -0.25) is 14.4 Å². The molecule has 4 aromatic rings. The van der Waals surface area contributed by atoms with Gasteiger partial charge in [-0.15, -0.1) is 0 Å². The van der Waals surface area contributed by atoms with Crippen LogP contribution in [0.3, 0.4) is 0 Å². The van der Waals surface area contributed by atoms with Crippen molar-refractivity contribution in [1.29, 1.82) is 0 Å². The van der Waals surface area contributed by atoms with E-state index in [4.69, 9.17) is 9.47 Å². The maximum absolute atomic E-state index is 13.5. The van der Waals surface area contributed by atoms with Crippen LogP contribution in [0.1, 0.15) is 35.8 Å². The molecule has 194 valence electrons. The Morgan fingerprint density at radius 3 is 2.61 bits per heavy atom. The molecule has 4 heterocycles. The molecule has 2 amide bonds. The van der Waals surface area contributed by atoms with Gasteiger partial charge in [-0.05, 0) is 18.6 Å². The minimum atomic E-state index is -0.350. The Bertz CT molecular complexity index is 1610. The molecule has 10 nitrogen and oxygen atoms in total. The van der Waals surface area contributed by atoms with Crippen molar-refractivity contribution in [2.24, 2.45) is 0 Å². The Hall–Kier alpha value is -4.60. The highest BCUT2D eigenvalue weighted by Gasteiger charge is 2.35. The number of nitrogens with zero attached hydrogens (tertiary/aromatic N) is 4. The maximum Gasteiger partial charge on any atom is 0.280 e. The van der Waals surface area contributed by atoms with Gasteiger partial charge in [0.1, 0.15) is 31.1 Å². The highest BCUT2D eigenvalue weighted by Crippen LogP contribution is 2.33. The summed E-state index contributed by atoms with van der Waals surface area (Å²) >= 11 is 0. The number of nitrogens with one attached hydrogen (secondary N) is 1. The first-order valence-electron chi connectivity index (χ1n) is 12.7. The molecule has 0 bridgehead atoms. The second kappa shape index (κ2) is 9.70. The summed E-state index contributed by atoms with van der Waals surface area (Å²) in [6, 6.07) is 16.4. The summed E-state index contributed by atoms with van der Waals surface area (Å²) in [5, 5.41) is 7.45. The third-order valence-corrected chi connectivity index (χ3v) is 6.79. The van der Waals surface area contributed by atoms with Gasteiger partial charge in [-0.2, -0.15) is 9.61 Å². The first kappa shape index (κ1) is 23.8. The summed E-state index contributed by atoms with van der Waals surface area (Å²) in [5.74, 6) is 0.588. The zero-order chi connectivity index (χ0) is 26.2. The van der Waals surface area contributed by atoms with Crippen molar-refractivity contribution in [3.05, 3.63) is 76.2 Å². The number of hydrogen-bond donors (Lipinski definition) is 1. The Morgan fingerprint density at radius 1 is 1.03 bits per heavy atom. The molecule has 10 heteroatoms. The van der Waals surface area contributed by atoms with E-state index in [0.29, 0.717) is 53.8 Å². The van der Waals surface area contributed by atoms with Crippen molar-refractivity contribution in [3.8, 4) is 22.8 Å². The number of aromatic nitrogens is 3. The molecule has 0 fully saturated rings. The van der Waals surface area contributed by atoms with Crippen LogP contribution in [0.25, 0.3) is 16.9 Å². The molecule has 6 rings (SSSR count). The molecular formula is C28H27N5O5. The quantitative estimate of drug-likeness (QED) is 0.406. The van der Waals surface area contributed by atoms with Crippen LogP contribution >= 0.6 is 0 Å². The zero-order valence-corrected chi connectivity index (χ0v) is 21.0. The Morgan fingerprint density at radius 2 is 1.82 bits per heavy atom. The van der Waals surface area contributed by atoms with E-state index in [1.165, 1.54) is 4.52 Å². The highest BCUT2D eigenvalue weighted by atomic mass is 16.6. The van der Waals surface area contributed by atoms with Crippen molar-refractivity contribution in [2.75, 3.05) is 25.1 Å². The zero-order valence-electron chi connectivity index (χ0n) is 21.0. The molecule has 0 spiro atoms. The molecule has 0 unspecified atom stereocenters. The Balaban J connectivity index is 1.40. The number of fused-ring (bicyclic) bond motifs is 3. The standard InChI is InChI=1S/C28H27N5O5/c1-2-3-11-31-16-20-26(28(31)36)32(17-24(34)29-19-9-10-22-23(14-19)38-13-12-37-22)25-15-21(30-33(25)27(20)35)18-7-5-4-6-8-18/h4-10,14-15H,2-3,11-13,16-17H2,1H3,(H,29,34). The maximum atomic E-state index is 13.5. The average molecular weight is 514 g/mol. The van der Waals surface area contributed by atoms with E-state index in [-0.39, 0.29) is 36.2 Å². The van der Waals surface area contributed by atoms with Crippen LogP contribution in [0.5, 0.6) is 11.5 Å². The van der Waals surface area contributed by atoms with Crippen LogP contribution in [0.15, 0.2) is 59.4 Å². The molecule has 0 radical (unpaired) electrons. The molecular weight excluding hydrogens is 486 g/mol. The van der Waals surface area contributed by atoms with Gasteiger partial charge in [-0.1, -0.05) is 43.7 Å². The van der Waals surface area contributed by atoms with E-state index in [9.17, 15) is 14.4 Å². The lowest BCUT2D eigenvalue weighted by atomic mass is 10.1. The van der Waals surface area contributed by atoms with E-state index in [0.717, 1.165) is 18.4 Å². The van der Waals surface area contributed by atoms with Crippen LogP contribution in [0, 0.1) is 0 Å². The fraction of sp³-hybridized carbons (Fsp3) is 0.286. The van der Waals surface area contributed by atoms with E-state index in [1.54, 1.807) is 33.7 Å². The largest absolute Gasteiger partial charge is 0.486 e. The number of rotatable bonds is 7. The van der Waals surface area contributed by atoms with Gasteiger partial charge >= 0.3 is 0 Å². The summed E-state index contributed by atoms with van der Waals surface area (Å²) in [6.45, 7) is 3.54. The van der Waals surface area contributed by atoms with Crippen LogP contribution in [-0.2, 0) is 17.9 Å². The molecule has 0 aliphatic carbocycles. The lowest BCUT2D eigenvalue weighted by Crippen LogP contribution is -2.30. The van der Waals surface area contributed by atoms with Crippen molar-refractivity contribution in [1.82, 2.24) is 19.1 Å². The molecule has 0 atom stereocenters. The number of hydrogen-bond acceptors (Lipinski definition) is 6.